The summed E-state index contributed by atoms with van der Waals surface area (Å²) in [5.74, 6) is -0.0487. The minimum atomic E-state index is -0.753. The van der Waals surface area contributed by atoms with Crippen LogP contribution in [0.25, 0.3) is 0 Å². The van der Waals surface area contributed by atoms with Gasteiger partial charge < -0.3 is 5.11 Å². The van der Waals surface area contributed by atoms with Gasteiger partial charge in [0, 0.05) is 11.8 Å². The topological polar surface area (TPSA) is 88.0 Å². The van der Waals surface area contributed by atoms with E-state index in [9.17, 15) is 9.59 Å². The molecular formula is C11H17N3O3S. The summed E-state index contributed by atoms with van der Waals surface area (Å²) in [5.41, 5.74) is -0.302. The molecule has 0 amide bonds. The summed E-state index contributed by atoms with van der Waals surface area (Å²) >= 11 is 1.46. The van der Waals surface area contributed by atoms with E-state index in [-0.39, 0.29) is 23.6 Å². The summed E-state index contributed by atoms with van der Waals surface area (Å²) in [6.07, 6.45) is 2.10. The minimum absolute atomic E-state index is 0.0494. The Hall–Kier alpha value is -1.24. The summed E-state index contributed by atoms with van der Waals surface area (Å²) in [4.78, 5) is 22.3. The van der Waals surface area contributed by atoms with Gasteiger partial charge in [0.05, 0.1) is 6.42 Å². The molecule has 0 atom stereocenters. The average Bonchev–Trinajstić information content (AvgIpc) is 2.90. The number of nitrogens with one attached hydrogen (secondary N) is 1. The predicted molar refractivity (Wildman–Crippen MR) is 67.9 cm³/mol. The lowest BCUT2D eigenvalue weighted by atomic mass is 10.1. The number of thioether (sulfide) groups is 1. The lowest BCUT2D eigenvalue weighted by molar-refractivity contribution is -0.138. The maximum absolute atomic E-state index is 11.5. The van der Waals surface area contributed by atoms with Crippen molar-refractivity contribution in [2.75, 3.05) is 5.75 Å². The predicted octanol–water partition coefficient (Wildman–Crippen LogP) is 1.50. The third-order valence-electron chi connectivity index (χ3n) is 3.18. The highest BCUT2D eigenvalue weighted by molar-refractivity contribution is 7.99. The molecule has 1 aliphatic rings. The third-order valence-corrected chi connectivity index (χ3v) is 4.48. The van der Waals surface area contributed by atoms with Gasteiger partial charge in [-0.15, -0.1) is 5.10 Å². The van der Waals surface area contributed by atoms with E-state index in [1.54, 1.807) is 4.57 Å². The third kappa shape index (κ3) is 2.77. The van der Waals surface area contributed by atoms with Crippen LogP contribution in [0.3, 0.4) is 0 Å². The van der Waals surface area contributed by atoms with E-state index < -0.39 is 5.97 Å². The molecule has 0 bridgehead atoms. The van der Waals surface area contributed by atoms with E-state index in [0.29, 0.717) is 10.9 Å². The highest BCUT2D eigenvalue weighted by atomic mass is 32.2. The van der Waals surface area contributed by atoms with Crippen LogP contribution in [0.1, 0.15) is 39.2 Å². The van der Waals surface area contributed by atoms with Crippen LogP contribution in [0, 0.1) is 5.41 Å². The number of carbonyl (C=O) groups is 1. The summed E-state index contributed by atoms with van der Waals surface area (Å²) in [6, 6.07) is 0.0494. The fourth-order valence-corrected chi connectivity index (χ4v) is 3.30. The molecule has 1 fully saturated rings. The SMILES string of the molecule is CC(C)n1c(SCC2(CC(=O)O)CC2)n[nH]c1=O. The molecule has 2 rings (SSSR count). The number of hydrogen-bond acceptors (Lipinski definition) is 4. The Morgan fingerprint density at radius 2 is 2.28 bits per heavy atom. The van der Waals surface area contributed by atoms with Crippen molar-refractivity contribution in [3.8, 4) is 0 Å². The number of carboxylic acid groups (broad SMARTS) is 1. The standard InChI is InChI=1S/C11H17N3O3S/c1-7(2)14-9(17)12-13-10(14)18-6-11(3-4-11)5-8(15)16/h7H,3-6H2,1-2H3,(H,12,17)(H,15,16). The number of hydrogen-bond donors (Lipinski definition) is 2. The summed E-state index contributed by atoms with van der Waals surface area (Å²) in [7, 11) is 0. The van der Waals surface area contributed by atoms with Crippen molar-refractivity contribution in [1.29, 1.82) is 0 Å². The maximum Gasteiger partial charge on any atom is 0.344 e. The van der Waals surface area contributed by atoms with Gasteiger partial charge in [-0.3, -0.25) is 9.36 Å². The van der Waals surface area contributed by atoms with Crippen LogP contribution >= 0.6 is 11.8 Å². The van der Waals surface area contributed by atoms with Gasteiger partial charge in [-0.2, -0.15) is 0 Å². The fourth-order valence-electron chi connectivity index (χ4n) is 1.93. The second-order valence-corrected chi connectivity index (χ2v) is 6.08. The molecule has 0 aromatic carbocycles. The lowest BCUT2D eigenvalue weighted by Crippen LogP contribution is -2.20. The minimum Gasteiger partial charge on any atom is -0.481 e. The van der Waals surface area contributed by atoms with Crippen LogP contribution in [-0.4, -0.2) is 31.6 Å². The van der Waals surface area contributed by atoms with E-state index in [1.807, 2.05) is 13.8 Å². The highest BCUT2D eigenvalue weighted by Crippen LogP contribution is 2.51. The number of aliphatic carboxylic acids is 1. The van der Waals surface area contributed by atoms with Gasteiger partial charge in [-0.05, 0) is 32.1 Å². The summed E-state index contributed by atoms with van der Waals surface area (Å²) in [6.45, 7) is 3.84. The van der Waals surface area contributed by atoms with Crippen LogP contribution in [0.4, 0.5) is 0 Å². The first kappa shape index (κ1) is 13.2. The lowest BCUT2D eigenvalue weighted by Gasteiger charge is -2.13. The number of rotatable bonds is 6. The van der Waals surface area contributed by atoms with Crippen molar-refractivity contribution < 1.29 is 9.90 Å². The zero-order chi connectivity index (χ0) is 13.3. The molecule has 1 aromatic rings. The number of carboxylic acids is 1. The smallest absolute Gasteiger partial charge is 0.344 e. The van der Waals surface area contributed by atoms with Gasteiger partial charge in [0.1, 0.15) is 0 Å². The Morgan fingerprint density at radius 1 is 1.61 bits per heavy atom. The van der Waals surface area contributed by atoms with E-state index in [1.165, 1.54) is 11.8 Å². The van der Waals surface area contributed by atoms with E-state index in [2.05, 4.69) is 10.2 Å². The Kier molecular flexibility index (Phi) is 3.52. The summed E-state index contributed by atoms with van der Waals surface area (Å²) in [5, 5.41) is 15.9. The second kappa shape index (κ2) is 4.79. The van der Waals surface area contributed by atoms with Crippen molar-refractivity contribution in [3.05, 3.63) is 10.5 Å². The first-order valence-corrected chi connectivity index (χ1v) is 6.94. The van der Waals surface area contributed by atoms with Crippen molar-refractivity contribution in [1.82, 2.24) is 14.8 Å². The molecule has 1 heterocycles. The van der Waals surface area contributed by atoms with E-state index in [4.69, 9.17) is 5.11 Å². The summed E-state index contributed by atoms with van der Waals surface area (Å²) < 4.78 is 1.60. The second-order valence-electron chi connectivity index (χ2n) is 5.13. The highest BCUT2D eigenvalue weighted by Gasteiger charge is 2.44. The Balaban J connectivity index is 2.03. The largest absolute Gasteiger partial charge is 0.481 e. The molecule has 1 aliphatic carbocycles. The zero-order valence-electron chi connectivity index (χ0n) is 10.5. The van der Waals surface area contributed by atoms with Gasteiger partial charge in [0.25, 0.3) is 0 Å². The molecule has 6 nitrogen and oxygen atoms in total. The quantitative estimate of drug-likeness (QED) is 0.765. The first-order chi connectivity index (χ1) is 8.43. The number of aromatic nitrogens is 3. The molecular weight excluding hydrogens is 254 g/mol. The molecule has 0 aliphatic heterocycles. The van der Waals surface area contributed by atoms with Crippen molar-refractivity contribution in [2.24, 2.45) is 5.41 Å². The van der Waals surface area contributed by atoms with E-state index >= 15 is 0 Å². The molecule has 0 spiro atoms. The average molecular weight is 271 g/mol. The Morgan fingerprint density at radius 3 is 2.78 bits per heavy atom. The van der Waals surface area contributed by atoms with Crippen molar-refractivity contribution >= 4 is 17.7 Å². The van der Waals surface area contributed by atoms with Crippen molar-refractivity contribution in [3.63, 3.8) is 0 Å². The molecule has 1 aromatic heterocycles. The first-order valence-electron chi connectivity index (χ1n) is 5.95. The normalized spacial score (nSPS) is 17.1. The van der Waals surface area contributed by atoms with Crippen LogP contribution in [0.2, 0.25) is 0 Å². The molecule has 100 valence electrons. The number of nitrogens with zero attached hydrogens (tertiary/aromatic N) is 2. The van der Waals surface area contributed by atoms with E-state index in [0.717, 1.165) is 12.8 Å². The van der Waals surface area contributed by atoms with Crippen molar-refractivity contribution in [2.45, 2.75) is 44.3 Å². The maximum atomic E-state index is 11.5. The molecule has 0 saturated heterocycles. The molecule has 0 unspecified atom stereocenters. The zero-order valence-corrected chi connectivity index (χ0v) is 11.3. The monoisotopic (exact) mass is 271 g/mol. The Labute approximate surface area is 109 Å². The molecule has 18 heavy (non-hydrogen) atoms. The van der Waals surface area contributed by atoms with Gasteiger partial charge >= 0.3 is 11.7 Å². The van der Waals surface area contributed by atoms with Gasteiger partial charge in [-0.1, -0.05) is 11.8 Å². The van der Waals surface area contributed by atoms with Crippen LogP contribution in [0.15, 0.2) is 9.95 Å². The molecule has 2 N–H and O–H groups in total. The Bertz CT molecular complexity index is 502. The van der Waals surface area contributed by atoms with Gasteiger partial charge in [0.15, 0.2) is 5.16 Å². The fraction of sp³-hybridized carbons (Fsp3) is 0.727. The number of aromatic amines is 1. The van der Waals surface area contributed by atoms with Crippen LogP contribution in [-0.2, 0) is 4.79 Å². The molecule has 1 saturated carbocycles. The van der Waals surface area contributed by atoms with Crippen LogP contribution < -0.4 is 5.69 Å². The van der Waals surface area contributed by atoms with Gasteiger partial charge in [-0.25, -0.2) is 9.89 Å². The van der Waals surface area contributed by atoms with Crippen LogP contribution in [0.5, 0.6) is 0 Å². The molecule has 0 radical (unpaired) electrons. The van der Waals surface area contributed by atoms with Gasteiger partial charge in [0.2, 0.25) is 0 Å². The molecule has 7 heteroatoms. The number of H-pyrrole nitrogens is 1.